The number of thiophene rings is 1. The van der Waals surface area contributed by atoms with Gasteiger partial charge in [0, 0.05) is 18.0 Å². The first kappa shape index (κ1) is 10.1. The Morgan fingerprint density at radius 3 is 2.71 bits per heavy atom. The van der Waals surface area contributed by atoms with E-state index in [1.54, 1.807) is 0 Å². The highest BCUT2D eigenvalue weighted by Crippen LogP contribution is 2.23. The first-order valence-electron chi connectivity index (χ1n) is 5.29. The predicted octanol–water partition coefficient (Wildman–Crippen LogP) is 2.11. The van der Waals surface area contributed by atoms with Gasteiger partial charge in [-0.15, -0.1) is 11.3 Å². The summed E-state index contributed by atoms with van der Waals surface area (Å²) in [7, 11) is 0. The molecule has 1 aliphatic heterocycles. The summed E-state index contributed by atoms with van der Waals surface area (Å²) >= 11 is 1.81. The van der Waals surface area contributed by atoms with Crippen LogP contribution in [-0.4, -0.2) is 18.0 Å². The molecule has 0 unspecified atom stereocenters. The molecule has 0 aromatic carbocycles. The summed E-state index contributed by atoms with van der Waals surface area (Å²) in [6, 6.07) is 0. The van der Waals surface area contributed by atoms with Crippen LogP contribution in [0, 0.1) is 6.92 Å². The summed E-state index contributed by atoms with van der Waals surface area (Å²) in [5.74, 6) is 0. The van der Waals surface area contributed by atoms with Crippen molar-refractivity contribution < 1.29 is 0 Å². The molecule has 0 aliphatic carbocycles. The van der Waals surface area contributed by atoms with Crippen molar-refractivity contribution in [3.8, 4) is 0 Å². The van der Waals surface area contributed by atoms with Crippen molar-refractivity contribution in [2.45, 2.75) is 32.9 Å². The lowest BCUT2D eigenvalue weighted by atomic mass is 10.1. The quantitative estimate of drug-likeness (QED) is 0.828. The van der Waals surface area contributed by atoms with Gasteiger partial charge in [-0.2, -0.15) is 0 Å². The summed E-state index contributed by atoms with van der Waals surface area (Å²) in [6.45, 7) is 6.56. The Kier molecular flexibility index (Phi) is 3.21. The fraction of sp³-hybridized carbons (Fsp3) is 0.636. The van der Waals surface area contributed by atoms with E-state index in [9.17, 15) is 0 Å². The van der Waals surface area contributed by atoms with Gasteiger partial charge in [0.2, 0.25) is 0 Å². The van der Waals surface area contributed by atoms with Crippen LogP contribution in [0.3, 0.4) is 0 Å². The van der Waals surface area contributed by atoms with Crippen molar-refractivity contribution in [1.29, 1.82) is 0 Å². The van der Waals surface area contributed by atoms with E-state index in [1.165, 1.54) is 41.9 Å². The van der Waals surface area contributed by atoms with Gasteiger partial charge in [-0.1, -0.05) is 0 Å². The maximum atomic E-state index is 5.67. The maximum absolute atomic E-state index is 5.67. The lowest BCUT2D eigenvalue weighted by Gasteiger charge is -2.14. The van der Waals surface area contributed by atoms with Gasteiger partial charge in [-0.05, 0) is 49.4 Å². The van der Waals surface area contributed by atoms with Crippen molar-refractivity contribution in [2.75, 3.05) is 13.1 Å². The topological polar surface area (TPSA) is 29.3 Å². The van der Waals surface area contributed by atoms with Gasteiger partial charge >= 0.3 is 0 Å². The van der Waals surface area contributed by atoms with E-state index in [0.717, 1.165) is 6.54 Å². The molecule has 0 atom stereocenters. The smallest absolute Gasteiger partial charge is 0.0276 e. The van der Waals surface area contributed by atoms with Gasteiger partial charge in [-0.25, -0.2) is 0 Å². The first-order chi connectivity index (χ1) is 6.81. The van der Waals surface area contributed by atoms with Crippen LogP contribution in [0.25, 0.3) is 0 Å². The molecular formula is C11H18N2S. The Morgan fingerprint density at radius 2 is 2.14 bits per heavy atom. The average molecular weight is 210 g/mol. The van der Waals surface area contributed by atoms with Gasteiger partial charge < -0.3 is 5.73 Å². The van der Waals surface area contributed by atoms with Crippen LogP contribution in [-0.2, 0) is 13.1 Å². The van der Waals surface area contributed by atoms with E-state index < -0.39 is 0 Å². The third-order valence-electron chi connectivity index (χ3n) is 3.02. The van der Waals surface area contributed by atoms with Crippen LogP contribution in [0.15, 0.2) is 5.38 Å². The zero-order valence-corrected chi connectivity index (χ0v) is 9.57. The molecule has 78 valence electrons. The summed E-state index contributed by atoms with van der Waals surface area (Å²) < 4.78 is 0. The highest BCUT2D eigenvalue weighted by Gasteiger charge is 2.14. The number of hydrogen-bond acceptors (Lipinski definition) is 3. The molecule has 2 rings (SSSR count). The number of rotatable bonds is 3. The summed E-state index contributed by atoms with van der Waals surface area (Å²) in [5, 5.41) is 2.27. The number of nitrogens with zero attached hydrogens (tertiary/aromatic N) is 1. The molecule has 1 aliphatic rings. The number of hydrogen-bond donors (Lipinski definition) is 1. The Labute approximate surface area is 89.7 Å². The standard InChI is InChI=1S/C11H18N2S/c1-9-10(8-14-11(9)6-12)7-13-4-2-3-5-13/h8H,2-7,12H2,1H3. The highest BCUT2D eigenvalue weighted by molar-refractivity contribution is 7.10. The molecule has 0 bridgehead atoms. The van der Waals surface area contributed by atoms with Crippen LogP contribution in [0.1, 0.15) is 28.8 Å². The van der Waals surface area contributed by atoms with E-state index in [2.05, 4.69) is 17.2 Å². The minimum Gasteiger partial charge on any atom is -0.326 e. The molecule has 0 spiro atoms. The Morgan fingerprint density at radius 1 is 1.43 bits per heavy atom. The van der Waals surface area contributed by atoms with Crippen LogP contribution in [0.5, 0.6) is 0 Å². The van der Waals surface area contributed by atoms with Gasteiger partial charge in [0.05, 0.1) is 0 Å². The molecule has 2 nitrogen and oxygen atoms in total. The van der Waals surface area contributed by atoms with E-state index in [-0.39, 0.29) is 0 Å². The Balaban J connectivity index is 2.04. The molecule has 1 aromatic rings. The highest BCUT2D eigenvalue weighted by atomic mass is 32.1. The van der Waals surface area contributed by atoms with Crippen LogP contribution in [0.2, 0.25) is 0 Å². The average Bonchev–Trinajstić information content (AvgIpc) is 2.79. The molecule has 0 saturated carbocycles. The van der Waals surface area contributed by atoms with Crippen molar-refractivity contribution in [3.05, 3.63) is 21.4 Å². The summed E-state index contributed by atoms with van der Waals surface area (Å²) in [5.41, 5.74) is 8.57. The monoisotopic (exact) mass is 210 g/mol. The largest absolute Gasteiger partial charge is 0.326 e. The zero-order valence-electron chi connectivity index (χ0n) is 8.75. The molecule has 3 heteroatoms. The second-order valence-electron chi connectivity index (χ2n) is 4.00. The molecule has 1 aromatic heterocycles. The summed E-state index contributed by atoms with van der Waals surface area (Å²) in [4.78, 5) is 3.88. The molecule has 1 fully saturated rings. The van der Waals surface area contributed by atoms with Crippen LogP contribution >= 0.6 is 11.3 Å². The van der Waals surface area contributed by atoms with Crippen molar-refractivity contribution in [1.82, 2.24) is 4.90 Å². The van der Waals surface area contributed by atoms with Crippen LogP contribution in [0.4, 0.5) is 0 Å². The molecular weight excluding hydrogens is 192 g/mol. The fourth-order valence-electron chi connectivity index (χ4n) is 2.04. The van der Waals surface area contributed by atoms with Crippen LogP contribution < -0.4 is 5.73 Å². The van der Waals surface area contributed by atoms with Crippen molar-refractivity contribution in [2.24, 2.45) is 5.73 Å². The molecule has 0 radical (unpaired) electrons. The third kappa shape index (κ3) is 2.00. The zero-order chi connectivity index (χ0) is 9.97. The molecule has 0 amide bonds. The lowest BCUT2D eigenvalue weighted by molar-refractivity contribution is 0.331. The maximum Gasteiger partial charge on any atom is 0.0276 e. The minimum atomic E-state index is 0.691. The van der Waals surface area contributed by atoms with E-state index in [0.29, 0.717) is 6.54 Å². The predicted molar refractivity (Wildman–Crippen MR) is 61.5 cm³/mol. The second-order valence-corrected chi connectivity index (χ2v) is 4.96. The third-order valence-corrected chi connectivity index (χ3v) is 4.18. The van der Waals surface area contributed by atoms with Gasteiger partial charge in [0.15, 0.2) is 0 Å². The van der Waals surface area contributed by atoms with Gasteiger partial charge in [0.25, 0.3) is 0 Å². The minimum absolute atomic E-state index is 0.691. The van der Waals surface area contributed by atoms with Crippen molar-refractivity contribution >= 4 is 11.3 Å². The number of likely N-dealkylation sites (tertiary alicyclic amines) is 1. The fourth-order valence-corrected chi connectivity index (χ4v) is 2.98. The van der Waals surface area contributed by atoms with Gasteiger partial charge in [0.1, 0.15) is 0 Å². The first-order valence-corrected chi connectivity index (χ1v) is 6.17. The Bertz CT molecular complexity index is 300. The molecule has 1 saturated heterocycles. The molecule has 2 N–H and O–H groups in total. The second kappa shape index (κ2) is 4.43. The summed E-state index contributed by atoms with van der Waals surface area (Å²) in [6.07, 6.45) is 2.74. The molecule has 2 heterocycles. The van der Waals surface area contributed by atoms with E-state index in [4.69, 9.17) is 5.73 Å². The van der Waals surface area contributed by atoms with Crippen molar-refractivity contribution in [3.63, 3.8) is 0 Å². The normalized spacial score (nSPS) is 17.9. The van der Waals surface area contributed by atoms with E-state index >= 15 is 0 Å². The number of nitrogens with two attached hydrogens (primary N) is 1. The lowest BCUT2D eigenvalue weighted by Crippen LogP contribution is -2.18. The molecule has 14 heavy (non-hydrogen) atoms. The van der Waals surface area contributed by atoms with E-state index in [1.807, 2.05) is 11.3 Å². The Hall–Kier alpha value is -0.380. The SMILES string of the molecule is Cc1c(CN2CCCC2)csc1CN. The van der Waals surface area contributed by atoms with Gasteiger partial charge in [-0.3, -0.25) is 4.90 Å².